The molecular weight excluding hydrogens is 324 g/mol. The predicted molar refractivity (Wildman–Crippen MR) is 85.3 cm³/mol. The van der Waals surface area contributed by atoms with Gasteiger partial charge in [-0.05, 0) is 52.5 Å². The molecule has 100 valence electrons. The van der Waals surface area contributed by atoms with Gasteiger partial charge in [0.2, 0.25) is 0 Å². The highest BCUT2D eigenvalue weighted by Crippen LogP contribution is 2.26. The van der Waals surface area contributed by atoms with E-state index in [1.807, 2.05) is 6.07 Å². The molecule has 0 aliphatic heterocycles. The molecule has 2 rings (SSSR count). The lowest BCUT2D eigenvalue weighted by Crippen LogP contribution is -1.95. The van der Waals surface area contributed by atoms with Crippen LogP contribution in [0.15, 0.2) is 41.0 Å². The van der Waals surface area contributed by atoms with E-state index in [0.29, 0.717) is 5.02 Å². The molecule has 2 aromatic rings. The third-order valence-corrected chi connectivity index (χ3v) is 3.65. The molecule has 4 heteroatoms. The summed E-state index contributed by atoms with van der Waals surface area (Å²) in [6.45, 7) is 2.21. The number of anilines is 2. The smallest absolute Gasteiger partial charge is 0.144 e. The van der Waals surface area contributed by atoms with E-state index in [4.69, 9.17) is 11.6 Å². The van der Waals surface area contributed by atoms with Gasteiger partial charge in [-0.15, -0.1) is 0 Å². The average molecular weight is 340 g/mol. The fourth-order valence-electron chi connectivity index (χ4n) is 1.78. The van der Waals surface area contributed by atoms with Crippen LogP contribution in [0.25, 0.3) is 0 Å². The third kappa shape index (κ3) is 4.22. The van der Waals surface area contributed by atoms with Crippen LogP contribution >= 0.6 is 27.5 Å². The molecule has 1 N–H and O–H groups in total. The molecule has 2 nitrogen and oxygen atoms in total. The quantitative estimate of drug-likeness (QED) is 0.768. The Morgan fingerprint density at radius 2 is 2.00 bits per heavy atom. The molecule has 1 aromatic carbocycles. The first-order valence-corrected chi connectivity index (χ1v) is 7.53. The van der Waals surface area contributed by atoms with Gasteiger partial charge in [0.25, 0.3) is 0 Å². The van der Waals surface area contributed by atoms with Crippen LogP contribution in [0.5, 0.6) is 0 Å². The number of pyridine rings is 1. The van der Waals surface area contributed by atoms with Crippen LogP contribution in [-0.4, -0.2) is 4.98 Å². The molecule has 0 aliphatic rings. The van der Waals surface area contributed by atoms with Crippen LogP contribution in [0.1, 0.15) is 25.3 Å². The number of unbranched alkanes of at least 4 members (excludes halogenated alkanes) is 1. The van der Waals surface area contributed by atoms with Crippen molar-refractivity contribution in [3.63, 3.8) is 0 Å². The lowest BCUT2D eigenvalue weighted by atomic mass is 10.1. The lowest BCUT2D eigenvalue weighted by Gasteiger charge is -2.08. The minimum absolute atomic E-state index is 0.618. The molecule has 0 radical (unpaired) electrons. The molecule has 0 unspecified atom stereocenters. The topological polar surface area (TPSA) is 24.9 Å². The second-order valence-electron chi connectivity index (χ2n) is 4.41. The summed E-state index contributed by atoms with van der Waals surface area (Å²) in [7, 11) is 0. The number of hydrogen-bond donors (Lipinski definition) is 1. The summed E-state index contributed by atoms with van der Waals surface area (Å²) >= 11 is 9.31. The van der Waals surface area contributed by atoms with Crippen LogP contribution in [0, 0.1) is 0 Å². The first-order chi connectivity index (χ1) is 9.19. The van der Waals surface area contributed by atoms with Crippen molar-refractivity contribution in [2.24, 2.45) is 0 Å². The first kappa shape index (κ1) is 14.4. The molecule has 1 aromatic heterocycles. The maximum absolute atomic E-state index is 5.87. The van der Waals surface area contributed by atoms with E-state index in [1.165, 1.54) is 18.4 Å². The van der Waals surface area contributed by atoms with Gasteiger partial charge in [0.15, 0.2) is 0 Å². The van der Waals surface area contributed by atoms with Crippen LogP contribution < -0.4 is 5.32 Å². The Labute approximate surface area is 127 Å². The molecule has 19 heavy (non-hydrogen) atoms. The highest BCUT2D eigenvalue weighted by Gasteiger charge is 2.03. The molecule has 0 bridgehead atoms. The number of halogens is 2. The van der Waals surface area contributed by atoms with Crippen LogP contribution in [0.3, 0.4) is 0 Å². The fraction of sp³-hybridized carbons (Fsp3) is 0.267. The summed E-state index contributed by atoms with van der Waals surface area (Å²) in [4.78, 5) is 4.26. The maximum atomic E-state index is 5.87. The number of hydrogen-bond acceptors (Lipinski definition) is 2. The number of aromatic nitrogens is 1. The maximum Gasteiger partial charge on any atom is 0.144 e. The van der Waals surface area contributed by atoms with Crippen molar-refractivity contribution in [3.05, 3.63) is 51.6 Å². The molecule has 0 fully saturated rings. The number of nitrogens with one attached hydrogen (secondary N) is 1. The van der Waals surface area contributed by atoms with Crippen molar-refractivity contribution in [2.45, 2.75) is 26.2 Å². The molecule has 0 amide bonds. The Bertz CT molecular complexity index is 540. The summed E-state index contributed by atoms with van der Waals surface area (Å²) in [5.41, 5.74) is 2.39. The Morgan fingerprint density at radius 3 is 2.63 bits per heavy atom. The SMILES string of the molecule is CCCCc1ccc(Nc2ncc(Cl)cc2Br)cc1. The minimum Gasteiger partial charge on any atom is -0.339 e. The van der Waals surface area contributed by atoms with Crippen LogP contribution in [-0.2, 0) is 6.42 Å². The lowest BCUT2D eigenvalue weighted by molar-refractivity contribution is 0.795. The standard InChI is InChI=1S/C15H16BrClN2/c1-2-3-4-11-5-7-13(8-6-11)19-15-14(16)9-12(17)10-18-15/h5-10H,2-4H2,1H3,(H,18,19). The Hall–Kier alpha value is -1.06. The van der Waals surface area contributed by atoms with Gasteiger partial charge in [0.05, 0.1) is 9.50 Å². The Balaban J connectivity index is 2.06. The zero-order valence-corrected chi connectivity index (χ0v) is 13.1. The van der Waals surface area contributed by atoms with Crippen molar-refractivity contribution < 1.29 is 0 Å². The average Bonchev–Trinajstić information content (AvgIpc) is 2.41. The van der Waals surface area contributed by atoms with Gasteiger partial charge in [-0.1, -0.05) is 37.1 Å². The number of nitrogens with zero attached hydrogens (tertiary/aromatic N) is 1. The van der Waals surface area contributed by atoms with Gasteiger partial charge in [0.1, 0.15) is 5.82 Å². The summed E-state index contributed by atoms with van der Waals surface area (Å²) < 4.78 is 0.857. The van der Waals surface area contributed by atoms with Crippen LogP contribution in [0.2, 0.25) is 5.02 Å². The predicted octanol–water partition coefficient (Wildman–Crippen LogP) is 5.58. The van der Waals surface area contributed by atoms with E-state index in [1.54, 1.807) is 6.20 Å². The monoisotopic (exact) mass is 338 g/mol. The van der Waals surface area contributed by atoms with Gasteiger partial charge < -0.3 is 5.32 Å². The summed E-state index contributed by atoms with van der Waals surface area (Å²) in [5, 5.41) is 3.88. The summed E-state index contributed by atoms with van der Waals surface area (Å²) in [6, 6.07) is 10.3. The third-order valence-electron chi connectivity index (χ3n) is 2.84. The minimum atomic E-state index is 0.618. The van der Waals surface area contributed by atoms with E-state index >= 15 is 0 Å². The van der Waals surface area contributed by atoms with Crippen molar-refractivity contribution in [3.8, 4) is 0 Å². The van der Waals surface area contributed by atoms with E-state index in [2.05, 4.69) is 57.4 Å². The molecule has 0 spiro atoms. The van der Waals surface area contributed by atoms with Crippen molar-refractivity contribution in [2.75, 3.05) is 5.32 Å². The van der Waals surface area contributed by atoms with E-state index in [0.717, 1.165) is 22.4 Å². The number of aryl methyl sites for hydroxylation is 1. The highest BCUT2D eigenvalue weighted by atomic mass is 79.9. The largest absolute Gasteiger partial charge is 0.339 e. The molecule has 0 saturated heterocycles. The fourth-order valence-corrected chi connectivity index (χ4v) is 2.52. The molecule has 0 saturated carbocycles. The highest BCUT2D eigenvalue weighted by molar-refractivity contribution is 9.10. The van der Waals surface area contributed by atoms with Gasteiger partial charge in [-0.25, -0.2) is 4.98 Å². The Morgan fingerprint density at radius 1 is 1.26 bits per heavy atom. The summed E-state index contributed by atoms with van der Waals surface area (Å²) in [6.07, 6.45) is 5.22. The van der Waals surface area contributed by atoms with Gasteiger partial charge in [-0.2, -0.15) is 0 Å². The summed E-state index contributed by atoms with van der Waals surface area (Å²) in [5.74, 6) is 0.769. The van der Waals surface area contributed by atoms with E-state index in [9.17, 15) is 0 Å². The van der Waals surface area contributed by atoms with Crippen molar-refractivity contribution in [1.82, 2.24) is 4.98 Å². The van der Waals surface area contributed by atoms with Crippen LogP contribution in [0.4, 0.5) is 11.5 Å². The molecular formula is C15H16BrClN2. The second-order valence-corrected chi connectivity index (χ2v) is 5.70. The number of rotatable bonds is 5. The first-order valence-electron chi connectivity index (χ1n) is 6.36. The number of benzene rings is 1. The van der Waals surface area contributed by atoms with Gasteiger partial charge in [-0.3, -0.25) is 0 Å². The molecule has 0 aliphatic carbocycles. The van der Waals surface area contributed by atoms with Crippen molar-refractivity contribution in [1.29, 1.82) is 0 Å². The zero-order valence-electron chi connectivity index (χ0n) is 10.8. The molecule has 1 heterocycles. The second kappa shape index (κ2) is 6.92. The molecule has 0 atom stereocenters. The van der Waals surface area contributed by atoms with E-state index < -0.39 is 0 Å². The normalized spacial score (nSPS) is 10.5. The van der Waals surface area contributed by atoms with Crippen molar-refractivity contribution >= 4 is 39.0 Å². The van der Waals surface area contributed by atoms with E-state index in [-0.39, 0.29) is 0 Å². The van der Waals surface area contributed by atoms with Gasteiger partial charge in [0, 0.05) is 11.9 Å². The Kier molecular flexibility index (Phi) is 5.23. The van der Waals surface area contributed by atoms with Gasteiger partial charge >= 0.3 is 0 Å². The zero-order chi connectivity index (χ0) is 13.7.